The maximum atomic E-state index is 11.2. The summed E-state index contributed by atoms with van der Waals surface area (Å²) >= 11 is 1.30. The first-order valence-electron chi connectivity index (χ1n) is 4.75. The Hall–Kier alpha value is -1.75. The fourth-order valence-electron chi connectivity index (χ4n) is 1.37. The van der Waals surface area contributed by atoms with E-state index < -0.39 is 0 Å². The zero-order valence-electron chi connectivity index (χ0n) is 8.56. The number of fused-ring (bicyclic) bond motifs is 1. The van der Waals surface area contributed by atoms with Gasteiger partial charge >= 0.3 is 5.97 Å². The average Bonchev–Trinajstić information content (AvgIpc) is 2.61. The highest BCUT2D eigenvalue weighted by Gasteiger charge is 2.13. The Kier molecular flexibility index (Phi) is 2.70. The van der Waals surface area contributed by atoms with E-state index in [1.807, 2.05) is 0 Å². The lowest BCUT2D eigenvalue weighted by molar-refractivity contribution is -0.133. The summed E-state index contributed by atoms with van der Waals surface area (Å²) in [5.74, 6) is -0.119. The summed E-state index contributed by atoms with van der Waals surface area (Å²) in [4.78, 5) is 11.2. The first kappa shape index (κ1) is 10.8. The molecule has 0 aliphatic carbocycles. The van der Waals surface area contributed by atoms with E-state index in [0.717, 1.165) is 0 Å². The molecule has 0 bridgehead atoms. The molecule has 5 heteroatoms. The third kappa shape index (κ3) is 1.81. The van der Waals surface area contributed by atoms with Gasteiger partial charge in [-0.25, -0.2) is 0 Å². The molecule has 0 fully saturated rings. The summed E-state index contributed by atoms with van der Waals surface area (Å²) in [6, 6.07) is 2.74. The maximum absolute atomic E-state index is 11.2. The number of benzene rings is 1. The zero-order valence-corrected chi connectivity index (χ0v) is 9.37. The minimum Gasteiger partial charge on any atom is -0.508 e. The van der Waals surface area contributed by atoms with Gasteiger partial charge in [-0.3, -0.25) is 4.79 Å². The molecule has 0 spiro atoms. The lowest BCUT2D eigenvalue weighted by Gasteiger charge is -2.02. The lowest BCUT2D eigenvalue weighted by Crippen LogP contribution is -2.04. The van der Waals surface area contributed by atoms with Crippen molar-refractivity contribution in [3.8, 4) is 17.2 Å². The molecule has 4 nitrogen and oxygen atoms in total. The molecule has 0 aliphatic rings. The molecule has 2 N–H and O–H groups in total. The second-order valence-electron chi connectivity index (χ2n) is 3.27. The number of phenols is 2. The van der Waals surface area contributed by atoms with Crippen LogP contribution in [0.4, 0.5) is 0 Å². The number of hydrogen-bond acceptors (Lipinski definition) is 5. The van der Waals surface area contributed by atoms with Crippen molar-refractivity contribution in [1.82, 2.24) is 0 Å². The normalized spacial score (nSPS) is 10.6. The van der Waals surface area contributed by atoms with E-state index in [1.165, 1.54) is 23.5 Å². The molecular weight excluding hydrogens is 228 g/mol. The van der Waals surface area contributed by atoms with E-state index in [1.54, 1.807) is 12.3 Å². The monoisotopic (exact) mass is 238 g/mol. The van der Waals surface area contributed by atoms with Gasteiger partial charge in [0.25, 0.3) is 0 Å². The number of esters is 1. The summed E-state index contributed by atoms with van der Waals surface area (Å²) in [7, 11) is 0. The Morgan fingerprint density at radius 3 is 2.88 bits per heavy atom. The minimum absolute atomic E-state index is 0.0137. The summed E-state index contributed by atoms with van der Waals surface area (Å²) in [6.07, 6.45) is 0.274. The van der Waals surface area contributed by atoms with Crippen molar-refractivity contribution >= 4 is 27.4 Å². The Bertz CT molecular complexity index is 544. The highest BCUT2D eigenvalue weighted by molar-refractivity contribution is 7.17. The molecule has 0 saturated carbocycles. The van der Waals surface area contributed by atoms with Crippen LogP contribution in [0.2, 0.25) is 0 Å². The molecule has 2 rings (SSSR count). The van der Waals surface area contributed by atoms with Crippen molar-refractivity contribution in [1.29, 1.82) is 0 Å². The summed E-state index contributed by atoms with van der Waals surface area (Å²) < 4.78 is 5.74. The third-order valence-electron chi connectivity index (χ3n) is 2.12. The van der Waals surface area contributed by atoms with E-state index in [2.05, 4.69) is 0 Å². The molecule has 1 aromatic heterocycles. The Morgan fingerprint density at radius 2 is 2.19 bits per heavy atom. The molecule has 0 amide bonds. The average molecular weight is 238 g/mol. The number of thiophene rings is 1. The van der Waals surface area contributed by atoms with Gasteiger partial charge < -0.3 is 14.9 Å². The smallest absolute Gasteiger partial charge is 0.310 e. The van der Waals surface area contributed by atoms with Gasteiger partial charge in [-0.15, -0.1) is 11.3 Å². The van der Waals surface area contributed by atoms with Gasteiger partial charge in [0.2, 0.25) is 0 Å². The fourth-order valence-corrected chi connectivity index (χ4v) is 2.28. The number of ether oxygens (including phenoxy) is 1. The van der Waals surface area contributed by atoms with E-state index >= 15 is 0 Å². The van der Waals surface area contributed by atoms with Crippen molar-refractivity contribution in [3.05, 3.63) is 17.5 Å². The van der Waals surface area contributed by atoms with E-state index in [4.69, 9.17) is 4.74 Å². The van der Waals surface area contributed by atoms with Crippen LogP contribution in [0.5, 0.6) is 17.2 Å². The number of rotatable bonds is 2. The van der Waals surface area contributed by atoms with Crippen LogP contribution in [0.3, 0.4) is 0 Å². The van der Waals surface area contributed by atoms with Crippen molar-refractivity contribution < 1.29 is 19.7 Å². The number of aromatic hydroxyl groups is 2. The lowest BCUT2D eigenvalue weighted by atomic mass is 10.2. The summed E-state index contributed by atoms with van der Waals surface area (Å²) in [6.45, 7) is 1.70. The van der Waals surface area contributed by atoms with Gasteiger partial charge in [0.05, 0.1) is 5.39 Å². The second kappa shape index (κ2) is 4.02. The fraction of sp³-hybridized carbons (Fsp3) is 0.182. The largest absolute Gasteiger partial charge is 0.508 e. The van der Waals surface area contributed by atoms with Gasteiger partial charge in [0.15, 0.2) is 5.75 Å². The Labute approximate surface area is 95.7 Å². The predicted molar refractivity (Wildman–Crippen MR) is 61.1 cm³/mol. The number of carbonyl (C=O) groups excluding carboxylic acids is 1. The van der Waals surface area contributed by atoms with Gasteiger partial charge in [-0.05, 0) is 6.07 Å². The van der Waals surface area contributed by atoms with Crippen molar-refractivity contribution in [2.24, 2.45) is 0 Å². The topological polar surface area (TPSA) is 66.8 Å². The van der Waals surface area contributed by atoms with Crippen LogP contribution in [0, 0.1) is 0 Å². The molecule has 84 valence electrons. The standard InChI is InChI=1S/C11H10O4S/c1-2-10(14)15-8-5-16-9-4-6(12)3-7(13)11(8)9/h3-5,12-13H,2H2,1H3. The predicted octanol–water partition coefficient (Wildman–Crippen LogP) is 2.63. The Morgan fingerprint density at radius 1 is 1.44 bits per heavy atom. The molecule has 0 aliphatic heterocycles. The number of hydrogen-bond donors (Lipinski definition) is 2. The third-order valence-corrected chi connectivity index (χ3v) is 3.03. The van der Waals surface area contributed by atoms with Crippen LogP contribution >= 0.6 is 11.3 Å². The van der Waals surface area contributed by atoms with Crippen LogP contribution in [0.15, 0.2) is 17.5 Å². The van der Waals surface area contributed by atoms with Crippen molar-refractivity contribution in [2.45, 2.75) is 13.3 Å². The molecule has 1 aromatic carbocycles. The zero-order chi connectivity index (χ0) is 11.7. The molecule has 0 atom stereocenters. The second-order valence-corrected chi connectivity index (χ2v) is 4.18. The van der Waals surface area contributed by atoms with Crippen molar-refractivity contribution in [3.63, 3.8) is 0 Å². The number of carbonyl (C=O) groups is 1. The highest BCUT2D eigenvalue weighted by atomic mass is 32.1. The minimum atomic E-state index is -0.354. The van der Waals surface area contributed by atoms with E-state index in [-0.39, 0.29) is 23.9 Å². The van der Waals surface area contributed by atoms with Crippen molar-refractivity contribution in [2.75, 3.05) is 0 Å². The van der Waals surface area contributed by atoms with Gasteiger partial charge in [-0.1, -0.05) is 6.92 Å². The molecule has 2 aromatic rings. The van der Waals surface area contributed by atoms with E-state index in [0.29, 0.717) is 15.8 Å². The SMILES string of the molecule is CCC(=O)Oc1csc2cc(O)cc(O)c12. The summed E-state index contributed by atoms with van der Waals surface area (Å²) in [5, 5.41) is 21.0. The molecule has 16 heavy (non-hydrogen) atoms. The van der Waals surface area contributed by atoms with Crippen LogP contribution in [0.25, 0.3) is 10.1 Å². The van der Waals surface area contributed by atoms with Crippen LogP contribution in [-0.2, 0) is 4.79 Å². The molecule has 0 saturated heterocycles. The molecule has 0 unspecified atom stereocenters. The molecule has 0 radical (unpaired) electrons. The Balaban J connectivity index is 2.52. The van der Waals surface area contributed by atoms with Gasteiger partial charge in [0, 0.05) is 22.6 Å². The van der Waals surface area contributed by atoms with Gasteiger partial charge in [-0.2, -0.15) is 0 Å². The van der Waals surface area contributed by atoms with Crippen LogP contribution in [-0.4, -0.2) is 16.2 Å². The molecular formula is C11H10O4S. The van der Waals surface area contributed by atoms with E-state index in [9.17, 15) is 15.0 Å². The highest BCUT2D eigenvalue weighted by Crippen LogP contribution is 2.40. The first-order valence-corrected chi connectivity index (χ1v) is 5.63. The first-order chi connectivity index (χ1) is 7.61. The molecule has 1 heterocycles. The maximum Gasteiger partial charge on any atom is 0.310 e. The number of phenolic OH excluding ortho intramolecular Hbond substituents is 2. The quantitative estimate of drug-likeness (QED) is 0.789. The van der Waals surface area contributed by atoms with Crippen LogP contribution < -0.4 is 4.74 Å². The van der Waals surface area contributed by atoms with Gasteiger partial charge in [0.1, 0.15) is 11.5 Å². The van der Waals surface area contributed by atoms with Crippen LogP contribution in [0.1, 0.15) is 13.3 Å². The summed E-state index contributed by atoms with van der Waals surface area (Å²) in [5.41, 5.74) is 0.